The fourth-order valence-electron chi connectivity index (χ4n) is 2.31. The maximum absolute atomic E-state index is 13.6. The van der Waals surface area contributed by atoms with Crippen LogP contribution in [0.4, 0.5) is 4.39 Å². The number of hydrogen-bond acceptors (Lipinski definition) is 6. The molecule has 1 aromatic heterocycles. The van der Waals surface area contributed by atoms with E-state index in [-0.39, 0.29) is 24.1 Å². The lowest BCUT2D eigenvalue weighted by molar-refractivity contribution is -0.139. The minimum absolute atomic E-state index is 0.116. The van der Waals surface area contributed by atoms with E-state index >= 15 is 0 Å². The second-order valence-corrected chi connectivity index (χ2v) is 5.66. The van der Waals surface area contributed by atoms with E-state index in [1.54, 1.807) is 38.3 Å². The molecule has 0 aliphatic rings. The number of benzene rings is 2. The zero-order chi connectivity index (χ0) is 19.2. The van der Waals surface area contributed by atoms with E-state index in [0.29, 0.717) is 16.9 Å². The number of methoxy groups -OCH3 is 1. The molecule has 0 aliphatic carbocycles. The van der Waals surface area contributed by atoms with Crippen molar-refractivity contribution in [2.24, 2.45) is 0 Å². The number of hydrogen-bond donors (Lipinski definition) is 0. The highest BCUT2D eigenvalue weighted by Gasteiger charge is 2.11. The van der Waals surface area contributed by atoms with Gasteiger partial charge in [-0.2, -0.15) is 4.98 Å². The van der Waals surface area contributed by atoms with Crippen LogP contribution in [-0.2, 0) is 16.1 Å². The number of nitrogens with zero attached hydrogens (tertiary/aromatic N) is 2. The number of halogens is 1. The Kier molecular flexibility index (Phi) is 5.61. The van der Waals surface area contributed by atoms with Gasteiger partial charge in [0.25, 0.3) is 5.89 Å². The van der Waals surface area contributed by atoms with Crippen LogP contribution < -0.4 is 4.74 Å². The zero-order valence-electron chi connectivity index (χ0n) is 14.8. The zero-order valence-corrected chi connectivity index (χ0v) is 14.8. The monoisotopic (exact) mass is 368 g/mol. The molecule has 0 fully saturated rings. The molecule has 0 bridgehead atoms. The molecular formula is C20H17FN2O4. The summed E-state index contributed by atoms with van der Waals surface area (Å²) in [7, 11) is 1.55. The first-order valence-electron chi connectivity index (χ1n) is 8.14. The summed E-state index contributed by atoms with van der Waals surface area (Å²) in [5, 5.41) is 3.77. The van der Waals surface area contributed by atoms with Crippen molar-refractivity contribution in [1.82, 2.24) is 10.1 Å². The maximum Gasteiger partial charge on any atom is 0.331 e. The van der Waals surface area contributed by atoms with Crippen molar-refractivity contribution in [2.75, 3.05) is 7.11 Å². The maximum atomic E-state index is 13.6. The van der Waals surface area contributed by atoms with Gasteiger partial charge in [-0.25, -0.2) is 9.18 Å². The molecule has 7 heteroatoms. The summed E-state index contributed by atoms with van der Waals surface area (Å²) in [5.41, 5.74) is 1.76. The largest absolute Gasteiger partial charge is 0.496 e. The van der Waals surface area contributed by atoms with Crippen LogP contribution in [-0.4, -0.2) is 23.2 Å². The van der Waals surface area contributed by atoms with Crippen molar-refractivity contribution >= 4 is 12.0 Å². The van der Waals surface area contributed by atoms with Gasteiger partial charge in [0, 0.05) is 17.2 Å². The molecule has 2 aromatic carbocycles. The quantitative estimate of drug-likeness (QED) is 0.484. The molecule has 0 spiro atoms. The number of aryl methyl sites for hydroxylation is 1. The molecule has 0 radical (unpaired) electrons. The number of esters is 1. The predicted octanol–water partition coefficient (Wildman–Crippen LogP) is 3.95. The molecule has 0 aliphatic heterocycles. The van der Waals surface area contributed by atoms with Crippen LogP contribution in [0.15, 0.2) is 53.1 Å². The minimum Gasteiger partial charge on any atom is -0.496 e. The Bertz CT molecular complexity index is 982. The molecule has 3 rings (SSSR count). The molecule has 1 heterocycles. The van der Waals surface area contributed by atoms with Gasteiger partial charge in [-0.05, 0) is 30.7 Å². The van der Waals surface area contributed by atoms with Crippen molar-refractivity contribution in [1.29, 1.82) is 0 Å². The highest BCUT2D eigenvalue weighted by atomic mass is 19.1. The van der Waals surface area contributed by atoms with E-state index in [1.807, 2.05) is 18.2 Å². The molecular weight excluding hydrogens is 351 g/mol. The highest BCUT2D eigenvalue weighted by Crippen LogP contribution is 2.20. The van der Waals surface area contributed by atoms with Crippen LogP contribution in [0, 0.1) is 12.7 Å². The average molecular weight is 368 g/mol. The van der Waals surface area contributed by atoms with E-state index in [0.717, 1.165) is 5.56 Å². The standard InChI is InChI=1S/C20H17FN2O4/c1-13-7-8-15(11-16(13)21)20-22-18(27-23-20)12-26-19(24)10-9-14-5-3-4-6-17(14)25-2/h3-11H,12H2,1-2H3/b10-9+. The second kappa shape index (κ2) is 8.27. The van der Waals surface area contributed by atoms with Crippen LogP contribution in [0.5, 0.6) is 5.75 Å². The number of aromatic nitrogens is 2. The SMILES string of the molecule is COc1ccccc1/C=C/C(=O)OCc1nc(-c2ccc(C)c(F)c2)no1. The summed E-state index contributed by atoms with van der Waals surface area (Å²) in [6.45, 7) is 1.48. The van der Waals surface area contributed by atoms with Crippen molar-refractivity contribution < 1.29 is 23.2 Å². The molecule has 0 saturated carbocycles. The summed E-state index contributed by atoms with van der Waals surface area (Å²) in [5.74, 6) is 0.0664. The van der Waals surface area contributed by atoms with Gasteiger partial charge < -0.3 is 14.0 Å². The lowest BCUT2D eigenvalue weighted by Gasteiger charge is -2.03. The summed E-state index contributed by atoms with van der Waals surface area (Å²) < 4.78 is 28.9. The second-order valence-electron chi connectivity index (χ2n) is 5.66. The summed E-state index contributed by atoms with van der Waals surface area (Å²) in [6.07, 6.45) is 2.87. The normalized spacial score (nSPS) is 10.9. The molecule has 138 valence electrons. The summed E-state index contributed by atoms with van der Waals surface area (Å²) in [6, 6.07) is 11.9. The van der Waals surface area contributed by atoms with Crippen molar-refractivity contribution in [2.45, 2.75) is 13.5 Å². The fraction of sp³-hybridized carbons (Fsp3) is 0.150. The van der Waals surface area contributed by atoms with Crippen molar-refractivity contribution in [3.63, 3.8) is 0 Å². The molecule has 0 saturated heterocycles. The first-order valence-corrected chi connectivity index (χ1v) is 8.14. The molecule has 27 heavy (non-hydrogen) atoms. The molecule has 6 nitrogen and oxygen atoms in total. The Hall–Kier alpha value is -3.48. The number of rotatable bonds is 6. The van der Waals surface area contributed by atoms with Crippen LogP contribution in [0.25, 0.3) is 17.5 Å². The van der Waals surface area contributed by atoms with E-state index in [2.05, 4.69) is 10.1 Å². The van der Waals surface area contributed by atoms with E-state index in [4.69, 9.17) is 14.0 Å². The molecule has 0 atom stereocenters. The Morgan fingerprint density at radius 2 is 2.07 bits per heavy atom. The third-order valence-electron chi connectivity index (χ3n) is 3.77. The van der Waals surface area contributed by atoms with E-state index < -0.39 is 5.97 Å². The van der Waals surface area contributed by atoms with Gasteiger partial charge in [0.05, 0.1) is 7.11 Å². The number of ether oxygens (including phenoxy) is 2. The Labute approximate surface area is 155 Å². The number of carbonyl (C=O) groups is 1. The third-order valence-corrected chi connectivity index (χ3v) is 3.77. The van der Waals surface area contributed by atoms with Crippen LogP contribution in [0.3, 0.4) is 0 Å². The van der Waals surface area contributed by atoms with Gasteiger partial charge in [0.15, 0.2) is 6.61 Å². The lowest BCUT2D eigenvalue weighted by Crippen LogP contribution is -2.01. The van der Waals surface area contributed by atoms with Crippen LogP contribution in [0.1, 0.15) is 17.0 Å². The summed E-state index contributed by atoms with van der Waals surface area (Å²) >= 11 is 0. The highest BCUT2D eigenvalue weighted by molar-refractivity contribution is 5.87. The lowest BCUT2D eigenvalue weighted by atomic mass is 10.1. The van der Waals surface area contributed by atoms with E-state index in [1.165, 1.54) is 12.1 Å². The smallest absolute Gasteiger partial charge is 0.331 e. The third kappa shape index (κ3) is 4.58. The molecule has 0 unspecified atom stereocenters. The van der Waals surface area contributed by atoms with Crippen molar-refractivity contribution in [3.8, 4) is 17.1 Å². The minimum atomic E-state index is -0.568. The topological polar surface area (TPSA) is 74.5 Å². The Morgan fingerprint density at radius 1 is 1.26 bits per heavy atom. The fourth-order valence-corrected chi connectivity index (χ4v) is 2.31. The predicted molar refractivity (Wildman–Crippen MR) is 96.3 cm³/mol. The Morgan fingerprint density at radius 3 is 2.85 bits per heavy atom. The van der Waals surface area contributed by atoms with E-state index in [9.17, 15) is 9.18 Å². The molecule has 0 N–H and O–H groups in total. The summed E-state index contributed by atoms with van der Waals surface area (Å²) in [4.78, 5) is 16.0. The van der Waals surface area contributed by atoms with Gasteiger partial charge in [0.1, 0.15) is 11.6 Å². The van der Waals surface area contributed by atoms with Gasteiger partial charge >= 0.3 is 5.97 Å². The van der Waals surface area contributed by atoms with Gasteiger partial charge in [0.2, 0.25) is 5.82 Å². The first-order chi connectivity index (χ1) is 13.1. The molecule has 3 aromatic rings. The van der Waals surface area contributed by atoms with Crippen molar-refractivity contribution in [3.05, 3.63) is 71.4 Å². The number of para-hydroxylation sites is 1. The van der Waals surface area contributed by atoms with Gasteiger partial charge in [-0.1, -0.05) is 35.5 Å². The molecule has 0 amide bonds. The van der Waals surface area contributed by atoms with Gasteiger partial charge in [-0.15, -0.1) is 0 Å². The Balaban J connectivity index is 1.60. The van der Waals surface area contributed by atoms with Crippen LogP contribution in [0.2, 0.25) is 0 Å². The number of carbonyl (C=O) groups excluding carboxylic acids is 1. The average Bonchev–Trinajstić information content (AvgIpc) is 3.16. The van der Waals surface area contributed by atoms with Crippen LogP contribution >= 0.6 is 0 Å². The first kappa shape index (κ1) is 18.3. The van der Waals surface area contributed by atoms with Gasteiger partial charge in [-0.3, -0.25) is 0 Å².